The number of amides is 3. The maximum absolute atomic E-state index is 13.5. The van der Waals surface area contributed by atoms with Gasteiger partial charge in [-0.25, -0.2) is 14.0 Å². The molecule has 2 heterocycles. The molecule has 8 nitrogen and oxygen atoms in total. The van der Waals surface area contributed by atoms with Gasteiger partial charge in [-0.05, 0) is 75.6 Å². The Morgan fingerprint density at radius 3 is 2.18 bits per heavy atom. The molecule has 0 aromatic heterocycles. The molecule has 0 aliphatic carbocycles. The second-order valence-electron chi connectivity index (χ2n) is 10.7. The first-order chi connectivity index (χ1) is 18.0. The predicted octanol–water partition coefficient (Wildman–Crippen LogP) is 5.21. The summed E-state index contributed by atoms with van der Waals surface area (Å²) in [5, 5.41) is 3.48. The molecule has 2 aromatic carbocycles. The van der Waals surface area contributed by atoms with Crippen molar-refractivity contribution < 1.29 is 28.2 Å². The van der Waals surface area contributed by atoms with Crippen LogP contribution in [0, 0.1) is 11.7 Å². The fraction of sp³-hybridized carbons (Fsp3) is 0.464. The first-order valence-electron chi connectivity index (χ1n) is 12.7. The fourth-order valence-electron chi connectivity index (χ4n) is 4.86. The minimum atomic E-state index is -0.680. The Kier molecular flexibility index (Phi) is 8.45. The zero-order chi connectivity index (χ0) is 27.4. The lowest BCUT2D eigenvalue weighted by molar-refractivity contribution is -0.136. The van der Waals surface area contributed by atoms with Crippen molar-refractivity contribution >= 4 is 29.7 Å². The highest BCUT2D eigenvalue weighted by Crippen LogP contribution is 2.31. The largest absolute Gasteiger partial charge is 0.444 e. The minimum Gasteiger partial charge on any atom is -0.444 e. The summed E-state index contributed by atoms with van der Waals surface area (Å²) >= 11 is 6.07. The van der Waals surface area contributed by atoms with Crippen LogP contribution in [0.2, 0.25) is 5.02 Å². The van der Waals surface area contributed by atoms with Crippen molar-refractivity contribution in [2.24, 2.45) is 5.92 Å². The molecule has 1 N–H and O–H groups in total. The molecule has 0 unspecified atom stereocenters. The smallest absolute Gasteiger partial charge is 0.412 e. The zero-order valence-corrected chi connectivity index (χ0v) is 22.5. The summed E-state index contributed by atoms with van der Waals surface area (Å²) in [6, 6.07) is 12.1. The molecule has 4 rings (SSSR count). The van der Waals surface area contributed by atoms with Crippen LogP contribution in [0.15, 0.2) is 48.5 Å². The second-order valence-corrected chi connectivity index (χ2v) is 11.2. The quantitative estimate of drug-likeness (QED) is 0.570. The highest BCUT2D eigenvalue weighted by atomic mass is 35.5. The standard InChI is InChI=1S/C28H33ClFN3O5/c1-28(2,3)38-27(36)32-14-12-19(13-15-32)25(34)33-16-23(18-4-6-20(29)7-5-18)24(17-33)31-26(35)37-22-10-8-21(30)9-11-22/h4-11,19,23-24H,12-17H2,1-3H3,(H,31,35)/t23-,24+/m0/s1. The highest BCUT2D eigenvalue weighted by Gasteiger charge is 2.40. The van der Waals surface area contributed by atoms with E-state index in [1.54, 1.807) is 21.9 Å². The molecular weight excluding hydrogens is 513 g/mol. The van der Waals surface area contributed by atoms with Crippen molar-refractivity contribution in [3.63, 3.8) is 0 Å². The van der Waals surface area contributed by atoms with Crippen molar-refractivity contribution in [1.82, 2.24) is 15.1 Å². The van der Waals surface area contributed by atoms with Crippen molar-refractivity contribution in [2.45, 2.75) is 51.2 Å². The molecule has 0 bridgehead atoms. The lowest BCUT2D eigenvalue weighted by Gasteiger charge is -2.34. The van der Waals surface area contributed by atoms with Gasteiger partial charge >= 0.3 is 12.2 Å². The number of piperidine rings is 1. The number of likely N-dealkylation sites (tertiary alicyclic amines) is 2. The number of rotatable bonds is 4. The van der Waals surface area contributed by atoms with Gasteiger partial charge in [-0.1, -0.05) is 23.7 Å². The Bertz CT molecular complexity index is 1140. The number of halogens is 2. The van der Waals surface area contributed by atoms with Gasteiger partial charge in [-0.3, -0.25) is 4.79 Å². The van der Waals surface area contributed by atoms with Crippen molar-refractivity contribution in [2.75, 3.05) is 26.2 Å². The van der Waals surface area contributed by atoms with Crippen LogP contribution >= 0.6 is 11.6 Å². The molecule has 0 spiro atoms. The summed E-state index contributed by atoms with van der Waals surface area (Å²) in [6.45, 7) is 7.12. The van der Waals surface area contributed by atoms with Crippen LogP contribution in [-0.2, 0) is 9.53 Å². The first kappa shape index (κ1) is 27.7. The highest BCUT2D eigenvalue weighted by molar-refractivity contribution is 6.30. The van der Waals surface area contributed by atoms with E-state index in [-0.39, 0.29) is 29.6 Å². The zero-order valence-electron chi connectivity index (χ0n) is 21.8. The van der Waals surface area contributed by atoms with Crippen LogP contribution in [0.1, 0.15) is 45.1 Å². The van der Waals surface area contributed by atoms with Crippen LogP contribution in [0.3, 0.4) is 0 Å². The van der Waals surface area contributed by atoms with Crippen molar-refractivity contribution in [3.8, 4) is 5.75 Å². The lowest BCUT2D eigenvalue weighted by Crippen LogP contribution is -2.46. The number of ether oxygens (including phenoxy) is 2. The third-order valence-electron chi connectivity index (χ3n) is 6.75. The summed E-state index contributed by atoms with van der Waals surface area (Å²) < 4.78 is 24.0. The Labute approximate surface area is 227 Å². The number of carbonyl (C=O) groups excluding carboxylic acids is 3. The van der Waals surface area contributed by atoms with Crippen molar-refractivity contribution in [3.05, 3.63) is 64.9 Å². The number of nitrogens with one attached hydrogen (secondary N) is 1. The van der Waals surface area contributed by atoms with E-state index in [1.807, 2.05) is 32.9 Å². The van der Waals surface area contributed by atoms with E-state index in [1.165, 1.54) is 24.3 Å². The van der Waals surface area contributed by atoms with E-state index in [0.29, 0.717) is 44.0 Å². The summed E-state index contributed by atoms with van der Waals surface area (Å²) in [7, 11) is 0. The van der Waals surface area contributed by atoms with Crippen LogP contribution in [0.25, 0.3) is 0 Å². The molecule has 0 radical (unpaired) electrons. The fourth-order valence-corrected chi connectivity index (χ4v) is 4.99. The molecule has 204 valence electrons. The summed E-state index contributed by atoms with van der Waals surface area (Å²) in [5.41, 5.74) is 0.368. The summed E-state index contributed by atoms with van der Waals surface area (Å²) in [4.78, 5) is 42.0. The topological polar surface area (TPSA) is 88.2 Å². The molecule has 2 atom stereocenters. The minimum absolute atomic E-state index is 0.00371. The molecule has 2 saturated heterocycles. The number of carbonyl (C=O) groups is 3. The van der Waals surface area contributed by atoms with Gasteiger partial charge in [0.1, 0.15) is 17.2 Å². The molecule has 3 amide bonds. The second kappa shape index (κ2) is 11.6. The number of nitrogens with zero attached hydrogens (tertiary/aromatic N) is 2. The van der Waals surface area contributed by atoms with E-state index in [4.69, 9.17) is 21.1 Å². The predicted molar refractivity (Wildman–Crippen MR) is 141 cm³/mol. The summed E-state index contributed by atoms with van der Waals surface area (Å²) in [6.07, 6.45) is 0.0485. The Morgan fingerprint density at radius 2 is 1.58 bits per heavy atom. The van der Waals surface area contributed by atoms with Gasteiger partial charge in [0.25, 0.3) is 0 Å². The van der Waals surface area contributed by atoms with Crippen LogP contribution < -0.4 is 10.1 Å². The average molecular weight is 546 g/mol. The molecular formula is C28H33ClFN3O5. The SMILES string of the molecule is CC(C)(C)OC(=O)N1CCC(C(=O)N2C[C@@H](NC(=O)Oc3ccc(F)cc3)[C@H](c3ccc(Cl)cc3)C2)CC1. The van der Waals surface area contributed by atoms with Crippen LogP contribution in [0.5, 0.6) is 5.75 Å². The van der Waals surface area contributed by atoms with Gasteiger partial charge in [0.2, 0.25) is 5.91 Å². The third-order valence-corrected chi connectivity index (χ3v) is 7.01. The van der Waals surface area contributed by atoms with Gasteiger partial charge in [-0.2, -0.15) is 0 Å². The van der Waals surface area contributed by atoms with Crippen LogP contribution in [-0.4, -0.2) is 65.7 Å². The van der Waals surface area contributed by atoms with E-state index in [9.17, 15) is 18.8 Å². The van der Waals surface area contributed by atoms with Gasteiger partial charge in [0.05, 0.1) is 6.04 Å². The van der Waals surface area contributed by atoms with Gasteiger partial charge in [0.15, 0.2) is 0 Å². The average Bonchev–Trinajstić information content (AvgIpc) is 3.28. The number of hydrogen-bond donors (Lipinski definition) is 1. The maximum Gasteiger partial charge on any atom is 0.412 e. The summed E-state index contributed by atoms with van der Waals surface area (Å²) in [5.74, 6) is -0.593. The molecule has 0 saturated carbocycles. The number of benzene rings is 2. The van der Waals surface area contributed by atoms with Crippen LogP contribution in [0.4, 0.5) is 14.0 Å². The Hall–Kier alpha value is -3.33. The number of hydrogen-bond acceptors (Lipinski definition) is 5. The van der Waals surface area contributed by atoms with E-state index >= 15 is 0 Å². The lowest BCUT2D eigenvalue weighted by atomic mass is 9.94. The monoisotopic (exact) mass is 545 g/mol. The maximum atomic E-state index is 13.5. The molecule has 38 heavy (non-hydrogen) atoms. The molecule has 2 aromatic rings. The molecule has 10 heteroatoms. The van der Waals surface area contributed by atoms with Gasteiger partial charge < -0.3 is 24.6 Å². The van der Waals surface area contributed by atoms with Gasteiger partial charge in [-0.15, -0.1) is 0 Å². The third kappa shape index (κ3) is 7.16. The van der Waals surface area contributed by atoms with E-state index < -0.39 is 23.6 Å². The van der Waals surface area contributed by atoms with E-state index in [2.05, 4.69) is 5.32 Å². The molecule has 2 aliphatic heterocycles. The van der Waals surface area contributed by atoms with E-state index in [0.717, 1.165) is 5.56 Å². The molecule has 2 fully saturated rings. The van der Waals surface area contributed by atoms with Gasteiger partial charge in [0, 0.05) is 43.0 Å². The normalized spacial score (nSPS) is 20.2. The van der Waals surface area contributed by atoms with Crippen molar-refractivity contribution in [1.29, 1.82) is 0 Å². The Morgan fingerprint density at radius 1 is 0.947 bits per heavy atom. The first-order valence-corrected chi connectivity index (χ1v) is 13.1. The molecule has 2 aliphatic rings. The Balaban J connectivity index is 1.40.